The lowest BCUT2D eigenvalue weighted by Gasteiger charge is -2.17. The van der Waals surface area contributed by atoms with Crippen LogP contribution in [0.4, 0.5) is 50.2 Å². The van der Waals surface area contributed by atoms with E-state index in [1.165, 1.54) is 35.2 Å². The van der Waals surface area contributed by atoms with E-state index < -0.39 is 45.9 Å². The van der Waals surface area contributed by atoms with Crippen molar-refractivity contribution in [2.75, 3.05) is 30.6 Å². The number of nitrogen functional groups attached to an aromatic ring is 1. The molecule has 0 radical (unpaired) electrons. The predicted octanol–water partition coefficient (Wildman–Crippen LogP) is 7.72. The first-order chi connectivity index (χ1) is 29.8. The molecule has 2 aromatic carbocycles. The number of urea groups is 2. The van der Waals surface area contributed by atoms with Crippen LogP contribution >= 0.6 is 0 Å². The molecule has 4 amide bonds. The number of nitrogens with one attached hydrogen (secondary N) is 2. The van der Waals surface area contributed by atoms with Crippen molar-refractivity contribution in [2.45, 2.75) is 39.4 Å². The van der Waals surface area contributed by atoms with Gasteiger partial charge in [0.25, 0.3) is 0 Å². The molecule has 0 fully saturated rings. The molecule has 0 saturated carbocycles. The molecule has 8 rings (SSSR count). The molecule has 0 unspecified atom stereocenters. The topological polar surface area (TPSA) is 204 Å². The smallest absolute Gasteiger partial charge is 0.323 e. The number of hydrogen-bond acceptors (Lipinski definition) is 11. The molecule has 0 bridgehead atoms. The number of hydrogen-bond donors (Lipinski definition) is 3. The number of pyridine rings is 4. The predicted molar refractivity (Wildman–Crippen MR) is 217 cm³/mol. The van der Waals surface area contributed by atoms with E-state index >= 15 is 0 Å². The van der Waals surface area contributed by atoms with E-state index in [2.05, 4.69) is 30.6 Å². The first kappa shape index (κ1) is 42.5. The molecule has 6 heterocycles. The van der Waals surface area contributed by atoms with Crippen LogP contribution in [0.3, 0.4) is 0 Å². The minimum Gasteiger partial charge on any atom is -0.396 e. The van der Waals surface area contributed by atoms with Crippen molar-refractivity contribution in [3.63, 3.8) is 0 Å². The highest BCUT2D eigenvalue weighted by Crippen LogP contribution is 2.31. The van der Waals surface area contributed by atoms with Crippen LogP contribution in [-0.4, -0.2) is 60.9 Å². The van der Waals surface area contributed by atoms with Gasteiger partial charge in [-0.15, -0.1) is 0 Å². The third kappa shape index (κ3) is 9.56. The summed E-state index contributed by atoms with van der Waals surface area (Å²) in [6.07, 6.45) is 3.40. The molecule has 62 heavy (non-hydrogen) atoms. The third-order valence-electron chi connectivity index (χ3n) is 9.74. The molecular weight excluding hydrogens is 817 g/mol. The van der Waals surface area contributed by atoms with Gasteiger partial charge in [-0.05, 0) is 76.9 Å². The van der Waals surface area contributed by atoms with Crippen molar-refractivity contribution < 1.29 is 41.5 Å². The molecule has 0 atom stereocenters. The fourth-order valence-corrected chi connectivity index (χ4v) is 6.72. The zero-order valence-corrected chi connectivity index (χ0v) is 33.0. The zero-order valence-electron chi connectivity index (χ0n) is 33.0. The minimum absolute atomic E-state index is 0.0153. The number of nitrogens with two attached hydrogens (primary N) is 1. The van der Waals surface area contributed by atoms with Crippen LogP contribution in [0.25, 0.3) is 22.5 Å². The number of ether oxygens (including phenoxy) is 2. The van der Waals surface area contributed by atoms with Crippen LogP contribution in [0, 0.1) is 33.4 Å². The average Bonchev–Trinajstić information content (AvgIpc) is 3.87. The Balaban J connectivity index is 0.000000187. The second kappa shape index (κ2) is 18.4. The van der Waals surface area contributed by atoms with Crippen molar-refractivity contribution in [3.05, 3.63) is 152 Å². The maximum Gasteiger partial charge on any atom is 0.323 e. The maximum absolute atomic E-state index is 14.1. The number of carbonyl (C=O) groups is 2. The molecule has 2 aliphatic rings. The third-order valence-corrected chi connectivity index (χ3v) is 9.74. The second-order valence-electron chi connectivity index (χ2n) is 14.0. The Labute approximate surface area is 350 Å². The summed E-state index contributed by atoms with van der Waals surface area (Å²) in [5, 5.41) is 16.5. The summed E-state index contributed by atoms with van der Waals surface area (Å²) >= 11 is 0. The fourth-order valence-electron chi connectivity index (χ4n) is 6.72. The Morgan fingerprint density at radius 3 is 1.60 bits per heavy atom. The molecule has 318 valence electrons. The van der Waals surface area contributed by atoms with E-state index in [0.717, 1.165) is 57.9 Å². The van der Waals surface area contributed by atoms with Gasteiger partial charge in [-0.3, -0.25) is 30.7 Å². The Kier molecular flexibility index (Phi) is 12.6. The van der Waals surface area contributed by atoms with Gasteiger partial charge in [0.05, 0.1) is 46.6 Å². The number of carbonyl (C=O) groups excluding carboxylic acids is 2. The largest absolute Gasteiger partial charge is 0.396 e. The van der Waals surface area contributed by atoms with Gasteiger partial charge in [0, 0.05) is 82.1 Å². The molecule has 0 saturated heterocycles. The van der Waals surface area contributed by atoms with Crippen LogP contribution in [0.15, 0.2) is 85.2 Å². The Morgan fingerprint density at radius 2 is 1.13 bits per heavy atom. The second-order valence-corrected chi connectivity index (χ2v) is 14.0. The van der Waals surface area contributed by atoms with Crippen molar-refractivity contribution in [2.24, 2.45) is 0 Å². The summed E-state index contributed by atoms with van der Waals surface area (Å²) in [4.78, 5) is 56.2. The number of aromatic nitrogens is 4. The lowest BCUT2D eigenvalue weighted by Crippen LogP contribution is -2.30. The Bertz CT molecular complexity index is 2710. The number of fused-ring (bicyclic) bond motifs is 2. The monoisotopic (exact) mass is 852 g/mol. The summed E-state index contributed by atoms with van der Waals surface area (Å²) < 4.78 is 64.8. The quantitative estimate of drug-likeness (QED) is 0.0730. The molecule has 2 aliphatic heterocycles. The van der Waals surface area contributed by atoms with Gasteiger partial charge in [-0.25, -0.2) is 37.1 Å². The normalized spacial score (nSPS) is 12.6. The minimum atomic E-state index is -0.877. The number of anilines is 3. The standard InChI is InChI=1S/C21H17F2N5O4.C21H19F2N5O2/c1-32-11-15-6-12-9-27(10-13(12)8-24-15)21(29)26-20-19(28(30)31)5-4-18(25-20)16-3-2-14(22)7-17(16)23;1-30-11-15-6-12-9-28(10-13(12)8-25-15)21(29)27-20-18(24)4-5-19(26-20)16-3-2-14(22)7-17(16)23/h2-8H,9-11H2,1H3,(H,25,26,29);2-8H,9-11,24H2,1H3,(H,26,27,29). The number of halogens is 4. The highest BCUT2D eigenvalue weighted by atomic mass is 19.1. The zero-order chi connectivity index (χ0) is 44.1. The SMILES string of the molecule is COCc1cc2c(cn1)CN(C(=O)Nc1nc(-c3ccc(F)cc3F)ccc1N)C2.COCc1cc2c(cn1)CN(C(=O)Nc1nc(-c3ccc(F)cc3F)ccc1[N+](=O)[O-])C2. The van der Waals surface area contributed by atoms with Crippen LogP contribution < -0.4 is 16.4 Å². The summed E-state index contributed by atoms with van der Waals surface area (Å²) in [5.41, 5.74) is 11.2. The number of methoxy groups -OCH3 is 2. The molecule has 4 N–H and O–H groups in total. The first-order valence-corrected chi connectivity index (χ1v) is 18.7. The van der Waals surface area contributed by atoms with Crippen LogP contribution in [-0.2, 0) is 48.9 Å². The van der Waals surface area contributed by atoms with E-state index in [1.54, 1.807) is 31.5 Å². The van der Waals surface area contributed by atoms with Gasteiger partial charge < -0.3 is 25.0 Å². The van der Waals surface area contributed by atoms with Crippen LogP contribution in [0.1, 0.15) is 33.6 Å². The first-order valence-electron chi connectivity index (χ1n) is 18.7. The summed E-state index contributed by atoms with van der Waals surface area (Å²) in [5.74, 6) is -3.31. The number of rotatable bonds is 9. The summed E-state index contributed by atoms with van der Waals surface area (Å²) in [7, 11) is 3.15. The van der Waals surface area contributed by atoms with Gasteiger partial charge >= 0.3 is 17.7 Å². The molecule has 0 aliphatic carbocycles. The fraction of sp³-hybridized carbons (Fsp3) is 0.190. The van der Waals surface area contributed by atoms with Crippen LogP contribution in [0.5, 0.6) is 0 Å². The number of nitro groups is 1. The molecule has 16 nitrogen and oxygen atoms in total. The van der Waals surface area contributed by atoms with Gasteiger partial charge in [-0.1, -0.05) is 0 Å². The van der Waals surface area contributed by atoms with Crippen molar-refractivity contribution >= 4 is 35.1 Å². The Morgan fingerprint density at radius 1 is 0.677 bits per heavy atom. The van der Waals surface area contributed by atoms with Gasteiger partial charge in [-0.2, -0.15) is 0 Å². The molecule has 4 aromatic heterocycles. The van der Waals surface area contributed by atoms with Crippen molar-refractivity contribution in [1.29, 1.82) is 0 Å². The number of nitrogens with zero attached hydrogens (tertiary/aromatic N) is 7. The summed E-state index contributed by atoms with van der Waals surface area (Å²) in [6.45, 7) is 2.08. The number of amides is 4. The van der Waals surface area contributed by atoms with E-state index in [9.17, 15) is 37.3 Å². The Hall–Kier alpha value is -7.58. The molecular formula is C42H36F4N10O6. The van der Waals surface area contributed by atoms with Crippen LogP contribution in [0.2, 0.25) is 0 Å². The summed E-state index contributed by atoms with van der Waals surface area (Å²) in [6, 6.07) is 14.2. The van der Waals surface area contributed by atoms with Gasteiger partial charge in [0.15, 0.2) is 5.82 Å². The maximum atomic E-state index is 14.1. The molecule has 6 aromatic rings. The lowest BCUT2D eigenvalue weighted by atomic mass is 10.1. The van der Waals surface area contributed by atoms with Crippen molar-refractivity contribution in [1.82, 2.24) is 29.7 Å². The van der Waals surface area contributed by atoms with E-state index in [4.69, 9.17) is 15.2 Å². The lowest BCUT2D eigenvalue weighted by molar-refractivity contribution is -0.384. The van der Waals surface area contributed by atoms with Gasteiger partial charge in [0.2, 0.25) is 5.82 Å². The molecule has 20 heteroatoms. The average molecular weight is 853 g/mol. The van der Waals surface area contributed by atoms with E-state index in [1.807, 2.05) is 12.1 Å². The highest BCUT2D eigenvalue weighted by molar-refractivity contribution is 5.92. The van der Waals surface area contributed by atoms with E-state index in [0.29, 0.717) is 32.4 Å². The van der Waals surface area contributed by atoms with Crippen molar-refractivity contribution in [3.8, 4) is 22.5 Å². The van der Waals surface area contributed by atoms with E-state index in [-0.39, 0.29) is 52.9 Å². The molecule has 0 spiro atoms. The van der Waals surface area contributed by atoms with Gasteiger partial charge in [0.1, 0.15) is 23.3 Å². The highest BCUT2D eigenvalue weighted by Gasteiger charge is 2.28. The number of benzene rings is 2.